The van der Waals surface area contributed by atoms with E-state index in [4.69, 9.17) is 4.74 Å². The fourth-order valence-corrected chi connectivity index (χ4v) is 5.00. The van der Waals surface area contributed by atoms with Crippen LogP contribution < -0.4 is 15.0 Å². The molecule has 1 amide bonds. The molecule has 0 radical (unpaired) electrons. The molecule has 3 heterocycles. The van der Waals surface area contributed by atoms with Crippen LogP contribution in [0.25, 0.3) is 10.4 Å². The molecule has 0 saturated carbocycles. The van der Waals surface area contributed by atoms with Gasteiger partial charge in [0, 0.05) is 67.7 Å². The van der Waals surface area contributed by atoms with E-state index in [1.807, 2.05) is 24.3 Å². The number of carbonyl (C=O) groups is 1. The summed E-state index contributed by atoms with van der Waals surface area (Å²) in [6, 6.07) is 18.5. The maximum absolute atomic E-state index is 13.8. The molecule has 0 bridgehead atoms. The minimum atomic E-state index is -0.339. The second-order valence-corrected chi connectivity index (χ2v) is 9.72. The standard InChI is InChI=1S/C28H28FN5O2S/c29-24-6-2-1-5-22(24)18-32-27(35)20-36-25-9-8-21(26-7-3-16-37-26)17-23(25)19-33-12-14-34(15-13-33)28-30-10-4-11-31-28/h1-11,16-17H,12-15,18-20H2,(H,32,35). The Labute approximate surface area is 219 Å². The highest BCUT2D eigenvalue weighted by molar-refractivity contribution is 7.13. The van der Waals surface area contributed by atoms with Crippen molar-refractivity contribution in [1.82, 2.24) is 20.2 Å². The largest absolute Gasteiger partial charge is 0.483 e. The monoisotopic (exact) mass is 517 g/mol. The van der Waals surface area contributed by atoms with Gasteiger partial charge in [0.1, 0.15) is 11.6 Å². The quantitative estimate of drug-likeness (QED) is 0.356. The summed E-state index contributed by atoms with van der Waals surface area (Å²) in [7, 11) is 0. The van der Waals surface area contributed by atoms with E-state index >= 15 is 0 Å². The molecule has 2 aromatic heterocycles. The van der Waals surface area contributed by atoms with Crippen LogP contribution in [0.1, 0.15) is 11.1 Å². The number of aromatic nitrogens is 2. The van der Waals surface area contributed by atoms with E-state index in [-0.39, 0.29) is 24.9 Å². The Kier molecular flexibility index (Phi) is 8.02. The number of nitrogens with zero attached hydrogens (tertiary/aromatic N) is 4. The summed E-state index contributed by atoms with van der Waals surface area (Å²) in [5.74, 6) is 0.796. The molecule has 9 heteroatoms. The van der Waals surface area contributed by atoms with E-state index < -0.39 is 0 Å². The first-order chi connectivity index (χ1) is 18.2. The summed E-state index contributed by atoms with van der Waals surface area (Å²) in [6.07, 6.45) is 3.53. The maximum Gasteiger partial charge on any atom is 0.258 e. The van der Waals surface area contributed by atoms with E-state index in [2.05, 4.69) is 42.6 Å². The molecule has 0 atom stereocenters. The number of ether oxygens (including phenoxy) is 1. The van der Waals surface area contributed by atoms with Crippen molar-refractivity contribution in [2.45, 2.75) is 13.1 Å². The first-order valence-corrected chi connectivity index (χ1v) is 13.1. The highest BCUT2D eigenvalue weighted by atomic mass is 32.1. The summed E-state index contributed by atoms with van der Waals surface area (Å²) in [4.78, 5) is 26.9. The van der Waals surface area contributed by atoms with Gasteiger partial charge in [-0.25, -0.2) is 14.4 Å². The molecule has 4 aromatic rings. The number of rotatable bonds is 9. The van der Waals surface area contributed by atoms with Crippen LogP contribution in [0.3, 0.4) is 0 Å². The Morgan fingerprint density at radius 2 is 1.78 bits per heavy atom. The summed E-state index contributed by atoms with van der Waals surface area (Å²) >= 11 is 1.69. The maximum atomic E-state index is 13.8. The minimum absolute atomic E-state index is 0.119. The topological polar surface area (TPSA) is 70.6 Å². The van der Waals surface area contributed by atoms with Crippen molar-refractivity contribution in [3.63, 3.8) is 0 Å². The number of nitrogens with one attached hydrogen (secondary N) is 1. The first kappa shape index (κ1) is 24.9. The molecule has 2 aromatic carbocycles. The molecule has 7 nitrogen and oxygen atoms in total. The van der Waals surface area contributed by atoms with Gasteiger partial charge in [-0.15, -0.1) is 11.3 Å². The average molecular weight is 518 g/mol. The number of piperazine rings is 1. The van der Waals surface area contributed by atoms with Gasteiger partial charge in [0.05, 0.1) is 0 Å². The van der Waals surface area contributed by atoms with Gasteiger partial charge >= 0.3 is 0 Å². The fraction of sp³-hybridized carbons (Fsp3) is 0.250. The first-order valence-electron chi connectivity index (χ1n) is 12.2. The number of anilines is 1. The van der Waals surface area contributed by atoms with Crippen molar-refractivity contribution in [1.29, 1.82) is 0 Å². The Morgan fingerprint density at radius 1 is 0.973 bits per heavy atom. The summed E-state index contributed by atoms with van der Waals surface area (Å²) < 4.78 is 19.8. The highest BCUT2D eigenvalue weighted by Crippen LogP contribution is 2.31. The normalized spacial score (nSPS) is 13.9. The van der Waals surface area contributed by atoms with Gasteiger partial charge < -0.3 is 15.0 Å². The van der Waals surface area contributed by atoms with Crippen molar-refractivity contribution < 1.29 is 13.9 Å². The lowest BCUT2D eigenvalue weighted by Crippen LogP contribution is -2.46. The van der Waals surface area contributed by atoms with Gasteiger partial charge in [-0.2, -0.15) is 0 Å². The van der Waals surface area contributed by atoms with E-state index in [1.54, 1.807) is 41.9 Å². The third kappa shape index (κ3) is 6.49. The molecule has 1 N–H and O–H groups in total. The number of carbonyl (C=O) groups excluding carboxylic acids is 1. The fourth-order valence-electron chi connectivity index (χ4n) is 4.27. The summed E-state index contributed by atoms with van der Waals surface area (Å²) in [5.41, 5.74) is 2.59. The van der Waals surface area contributed by atoms with Gasteiger partial charge in [-0.05, 0) is 47.3 Å². The Morgan fingerprint density at radius 3 is 2.54 bits per heavy atom. The molecule has 37 heavy (non-hydrogen) atoms. The molecule has 190 valence electrons. The van der Waals surface area contributed by atoms with Crippen LogP contribution in [0.5, 0.6) is 5.75 Å². The van der Waals surface area contributed by atoms with Gasteiger partial charge in [-0.1, -0.05) is 24.3 Å². The van der Waals surface area contributed by atoms with Crippen LogP contribution in [-0.2, 0) is 17.9 Å². The molecule has 1 aliphatic rings. The molecule has 1 saturated heterocycles. The lowest BCUT2D eigenvalue weighted by Gasteiger charge is -2.35. The molecule has 1 aliphatic heterocycles. The lowest BCUT2D eigenvalue weighted by atomic mass is 10.1. The van der Waals surface area contributed by atoms with E-state index in [9.17, 15) is 9.18 Å². The minimum Gasteiger partial charge on any atom is -0.483 e. The van der Waals surface area contributed by atoms with Gasteiger partial charge in [0.25, 0.3) is 5.91 Å². The third-order valence-electron chi connectivity index (χ3n) is 6.26. The number of hydrogen-bond acceptors (Lipinski definition) is 7. The number of thiophene rings is 1. The molecule has 1 fully saturated rings. The van der Waals surface area contributed by atoms with Gasteiger partial charge in [-0.3, -0.25) is 9.69 Å². The highest BCUT2D eigenvalue weighted by Gasteiger charge is 2.20. The Bertz CT molecular complexity index is 1310. The molecular formula is C28H28FN5O2S. The van der Waals surface area contributed by atoms with Crippen LogP contribution in [0.4, 0.5) is 10.3 Å². The predicted octanol–water partition coefficient (Wildman–Crippen LogP) is 4.36. The molecule has 0 aliphatic carbocycles. The van der Waals surface area contributed by atoms with Crippen molar-refractivity contribution in [2.24, 2.45) is 0 Å². The van der Waals surface area contributed by atoms with Crippen molar-refractivity contribution >= 4 is 23.2 Å². The van der Waals surface area contributed by atoms with Crippen LogP contribution in [-0.4, -0.2) is 53.6 Å². The summed E-state index contributed by atoms with van der Waals surface area (Å²) in [6.45, 7) is 4.09. The number of amides is 1. The second-order valence-electron chi connectivity index (χ2n) is 8.77. The number of benzene rings is 2. The zero-order valence-corrected chi connectivity index (χ0v) is 21.2. The molecular weight excluding hydrogens is 489 g/mol. The zero-order chi connectivity index (χ0) is 25.5. The zero-order valence-electron chi connectivity index (χ0n) is 20.3. The summed E-state index contributed by atoms with van der Waals surface area (Å²) in [5, 5.41) is 4.79. The number of hydrogen-bond donors (Lipinski definition) is 1. The average Bonchev–Trinajstić information content (AvgIpc) is 3.48. The van der Waals surface area contributed by atoms with Crippen molar-refractivity contribution in [3.8, 4) is 16.2 Å². The molecule has 0 spiro atoms. The molecule has 5 rings (SSSR count). The SMILES string of the molecule is O=C(COc1ccc(-c2cccs2)cc1CN1CCN(c2ncccn2)CC1)NCc1ccccc1F. The van der Waals surface area contributed by atoms with Gasteiger partial charge in [0.15, 0.2) is 6.61 Å². The van der Waals surface area contributed by atoms with E-state index in [0.717, 1.165) is 43.3 Å². The molecule has 0 unspecified atom stereocenters. The van der Waals surface area contributed by atoms with Crippen molar-refractivity contribution in [2.75, 3.05) is 37.7 Å². The van der Waals surface area contributed by atoms with Crippen LogP contribution in [0.2, 0.25) is 0 Å². The second kappa shape index (κ2) is 11.9. The van der Waals surface area contributed by atoms with Crippen LogP contribution in [0.15, 0.2) is 78.4 Å². The smallest absolute Gasteiger partial charge is 0.258 e. The van der Waals surface area contributed by atoms with Gasteiger partial charge in [0.2, 0.25) is 5.95 Å². The van der Waals surface area contributed by atoms with E-state index in [1.165, 1.54) is 10.9 Å². The van der Waals surface area contributed by atoms with E-state index in [0.29, 0.717) is 17.9 Å². The van der Waals surface area contributed by atoms with Crippen LogP contribution in [0, 0.1) is 5.82 Å². The predicted molar refractivity (Wildman–Crippen MR) is 143 cm³/mol. The third-order valence-corrected chi connectivity index (χ3v) is 7.18. The van der Waals surface area contributed by atoms with Crippen LogP contribution >= 0.6 is 11.3 Å². The van der Waals surface area contributed by atoms with Crippen molar-refractivity contribution in [3.05, 3.63) is 95.4 Å². The lowest BCUT2D eigenvalue weighted by molar-refractivity contribution is -0.123. The number of halogens is 1. The Balaban J connectivity index is 1.23. The Hall–Kier alpha value is -3.82.